The van der Waals surface area contributed by atoms with E-state index in [1.165, 1.54) is 0 Å². The van der Waals surface area contributed by atoms with E-state index in [1.54, 1.807) is 0 Å². The van der Waals surface area contributed by atoms with E-state index >= 15 is 0 Å². The van der Waals surface area contributed by atoms with Gasteiger partial charge in [-0.15, -0.1) is 0 Å². The SMILES string of the molecule is CC(C)(C)c1cc(CCC(=O)c2[nH]c(C3CCC3)cc2C(F)(F)F)cc(C(C)(C)C)c1O.CC(C)(C)c1cc(CCC(=O)c2[nH]c(C3CCCC3)cc2C(F)(F)F)cc(C(C)(C)C)c1O. The first-order valence-electron chi connectivity index (χ1n) is 23.1. The van der Waals surface area contributed by atoms with Crippen molar-refractivity contribution in [3.8, 4) is 11.5 Å². The Kier molecular flexibility index (Phi) is 14.8. The summed E-state index contributed by atoms with van der Waals surface area (Å²) in [5.74, 6) is -0.435. The molecule has 65 heavy (non-hydrogen) atoms. The maximum atomic E-state index is 13.7. The summed E-state index contributed by atoms with van der Waals surface area (Å²) >= 11 is 0. The summed E-state index contributed by atoms with van der Waals surface area (Å²) in [6.45, 7) is 24.0. The van der Waals surface area contributed by atoms with Crippen molar-refractivity contribution in [2.75, 3.05) is 0 Å². The van der Waals surface area contributed by atoms with Gasteiger partial charge >= 0.3 is 12.4 Å². The fraction of sp³-hybridized carbons (Fsp3) is 0.585. The summed E-state index contributed by atoms with van der Waals surface area (Å²) in [4.78, 5) is 31.5. The summed E-state index contributed by atoms with van der Waals surface area (Å²) in [5.41, 5.74) is 2.19. The summed E-state index contributed by atoms with van der Waals surface area (Å²) in [6.07, 6.45) is -2.19. The highest BCUT2D eigenvalue weighted by molar-refractivity contribution is 5.97. The first-order valence-corrected chi connectivity index (χ1v) is 23.1. The Balaban J connectivity index is 0.000000244. The molecule has 4 aromatic rings. The van der Waals surface area contributed by atoms with Crippen molar-refractivity contribution in [3.63, 3.8) is 0 Å². The fourth-order valence-corrected chi connectivity index (χ4v) is 8.96. The maximum Gasteiger partial charge on any atom is 0.418 e. The molecule has 6 rings (SSSR count). The monoisotopic (exact) mass is 913 g/mol. The van der Waals surface area contributed by atoms with Crippen LogP contribution in [0.5, 0.6) is 11.5 Å². The predicted molar refractivity (Wildman–Crippen MR) is 246 cm³/mol. The molecule has 0 saturated heterocycles. The zero-order chi connectivity index (χ0) is 48.8. The van der Waals surface area contributed by atoms with E-state index in [0.29, 0.717) is 24.2 Å². The van der Waals surface area contributed by atoms with E-state index in [1.807, 2.05) is 107 Å². The minimum Gasteiger partial charge on any atom is -0.507 e. The number of aryl methyl sites for hydroxylation is 2. The largest absolute Gasteiger partial charge is 0.507 e. The Morgan fingerprint density at radius 3 is 0.985 bits per heavy atom. The summed E-state index contributed by atoms with van der Waals surface area (Å²) in [7, 11) is 0. The number of Topliss-reactive ketones (excluding diaryl/α,β-unsaturated/α-hetero) is 2. The van der Waals surface area contributed by atoms with Gasteiger partial charge in [0.05, 0.1) is 22.5 Å². The molecule has 2 fully saturated rings. The first kappa shape index (κ1) is 51.5. The Morgan fingerprint density at radius 1 is 0.477 bits per heavy atom. The number of hydrogen-bond donors (Lipinski definition) is 4. The number of H-pyrrole nitrogens is 2. The number of carbonyl (C=O) groups excluding carboxylic acids is 2. The molecule has 2 saturated carbocycles. The molecule has 2 aromatic carbocycles. The number of carbonyl (C=O) groups is 2. The number of ketones is 2. The number of aromatic nitrogens is 2. The van der Waals surface area contributed by atoms with Gasteiger partial charge in [0.15, 0.2) is 11.6 Å². The number of phenols is 2. The lowest BCUT2D eigenvalue weighted by molar-refractivity contribution is -0.138. The summed E-state index contributed by atoms with van der Waals surface area (Å²) in [5, 5.41) is 21.7. The van der Waals surface area contributed by atoms with Crippen LogP contribution in [0, 0.1) is 0 Å². The van der Waals surface area contributed by atoms with Crippen molar-refractivity contribution in [2.45, 2.75) is 200 Å². The van der Waals surface area contributed by atoms with Gasteiger partial charge in [0, 0.05) is 24.2 Å². The summed E-state index contributed by atoms with van der Waals surface area (Å²) < 4.78 is 81.8. The molecular weight excluding hydrogens is 843 g/mol. The van der Waals surface area contributed by atoms with Gasteiger partial charge in [-0.05, 0) is 118 Å². The smallest absolute Gasteiger partial charge is 0.418 e. The van der Waals surface area contributed by atoms with Crippen molar-refractivity contribution in [3.05, 3.63) is 104 Å². The molecule has 6 nitrogen and oxygen atoms in total. The van der Waals surface area contributed by atoms with E-state index < -0.39 is 35.0 Å². The van der Waals surface area contributed by atoms with Crippen LogP contribution in [-0.2, 0) is 46.9 Å². The molecule has 2 aliphatic carbocycles. The normalized spacial score (nSPS) is 15.8. The van der Waals surface area contributed by atoms with E-state index in [4.69, 9.17) is 0 Å². The van der Waals surface area contributed by atoms with Gasteiger partial charge in [0.2, 0.25) is 0 Å². The lowest BCUT2D eigenvalue weighted by Crippen LogP contribution is -2.18. The third-order valence-electron chi connectivity index (χ3n) is 13.0. The van der Waals surface area contributed by atoms with Crippen molar-refractivity contribution < 1.29 is 46.1 Å². The van der Waals surface area contributed by atoms with Crippen LogP contribution < -0.4 is 0 Å². The third-order valence-corrected chi connectivity index (χ3v) is 13.0. The molecule has 0 spiro atoms. The Hall–Kier alpha value is -4.48. The van der Waals surface area contributed by atoms with E-state index in [-0.39, 0.29) is 69.2 Å². The standard InChI is InChI=1S/C27H36F3NO2.C26H34F3NO2/c1-25(2,3)19-13-16(14-20(24(19)33)26(4,5)6)11-12-22(32)23-18(27(28,29)30)15-21(31-23)17-9-7-8-10-17;1-24(2,3)18-12-15(13-19(23(18)32)25(4,5)6)10-11-21(31)22-17(26(27,28)29)14-20(30-22)16-8-7-9-16/h13-15,17,31,33H,7-12H2,1-6H3;12-14,16,30,32H,7-11H2,1-6H3. The number of benzene rings is 2. The van der Waals surface area contributed by atoms with Crippen molar-refractivity contribution >= 4 is 11.6 Å². The number of alkyl halides is 6. The van der Waals surface area contributed by atoms with Crippen LogP contribution in [0.25, 0.3) is 0 Å². The molecule has 12 heteroatoms. The molecule has 358 valence electrons. The van der Waals surface area contributed by atoms with Gasteiger partial charge in [0.1, 0.15) is 11.5 Å². The Bertz CT molecular complexity index is 2270. The van der Waals surface area contributed by atoms with Gasteiger partial charge in [0.25, 0.3) is 0 Å². The quantitative estimate of drug-likeness (QED) is 0.0939. The van der Waals surface area contributed by atoms with E-state index in [9.17, 15) is 46.1 Å². The van der Waals surface area contributed by atoms with Gasteiger partial charge in [-0.3, -0.25) is 9.59 Å². The molecule has 0 unspecified atom stereocenters. The van der Waals surface area contributed by atoms with Gasteiger partial charge in [-0.25, -0.2) is 0 Å². The van der Waals surface area contributed by atoms with Crippen molar-refractivity contribution in [2.24, 2.45) is 0 Å². The topological polar surface area (TPSA) is 106 Å². The van der Waals surface area contributed by atoms with Crippen LogP contribution in [-0.4, -0.2) is 31.7 Å². The van der Waals surface area contributed by atoms with Gasteiger partial charge in [-0.2, -0.15) is 26.3 Å². The predicted octanol–water partition coefficient (Wildman–Crippen LogP) is 15.2. The van der Waals surface area contributed by atoms with Crippen molar-refractivity contribution in [1.82, 2.24) is 9.97 Å². The van der Waals surface area contributed by atoms with E-state index in [2.05, 4.69) is 9.97 Å². The van der Waals surface area contributed by atoms with Crippen molar-refractivity contribution in [1.29, 1.82) is 0 Å². The number of rotatable bonds is 10. The second-order valence-electron chi connectivity index (χ2n) is 22.6. The second-order valence-corrected chi connectivity index (χ2v) is 22.6. The first-order chi connectivity index (χ1) is 29.7. The average Bonchev–Trinajstić information content (AvgIpc) is 3.92. The molecule has 0 bridgehead atoms. The minimum absolute atomic E-state index is 0.0361. The second kappa shape index (κ2) is 18.7. The van der Waals surface area contributed by atoms with Gasteiger partial charge in [-0.1, -0.05) is 127 Å². The Morgan fingerprint density at radius 2 is 0.754 bits per heavy atom. The molecule has 0 radical (unpaired) electrons. The third kappa shape index (κ3) is 12.3. The average molecular weight is 913 g/mol. The highest BCUT2D eigenvalue weighted by atomic mass is 19.4. The fourth-order valence-electron chi connectivity index (χ4n) is 8.96. The van der Waals surface area contributed by atoms with E-state index in [0.717, 1.165) is 90.5 Å². The zero-order valence-electron chi connectivity index (χ0n) is 40.4. The lowest BCUT2D eigenvalue weighted by atomic mass is 9.78. The molecule has 4 N–H and O–H groups in total. The summed E-state index contributed by atoms with van der Waals surface area (Å²) in [6, 6.07) is 9.75. The number of phenolic OH excluding ortho intramolecular Hbond substituents is 2. The number of hydrogen-bond acceptors (Lipinski definition) is 4. The molecular formula is C53H70F6N2O4. The molecule has 2 aromatic heterocycles. The molecule has 2 heterocycles. The number of nitrogens with one attached hydrogen (secondary N) is 2. The van der Waals surface area contributed by atoms with Crippen LogP contribution in [0.2, 0.25) is 0 Å². The number of halogens is 6. The minimum atomic E-state index is -4.57. The Labute approximate surface area is 381 Å². The van der Waals surface area contributed by atoms with Gasteiger partial charge < -0.3 is 20.2 Å². The maximum absolute atomic E-state index is 13.7. The van der Waals surface area contributed by atoms with Crippen LogP contribution >= 0.6 is 0 Å². The number of aromatic amines is 2. The molecule has 0 aliphatic heterocycles. The number of aromatic hydroxyl groups is 2. The lowest BCUT2D eigenvalue weighted by Gasteiger charge is -2.28. The van der Waals surface area contributed by atoms with Crippen LogP contribution in [0.15, 0.2) is 36.4 Å². The molecule has 0 atom stereocenters. The van der Waals surface area contributed by atoms with Crippen LogP contribution in [0.3, 0.4) is 0 Å². The highest BCUT2D eigenvalue weighted by Gasteiger charge is 2.40. The molecule has 0 amide bonds. The van der Waals surface area contributed by atoms with Crippen LogP contribution in [0.1, 0.15) is 230 Å². The zero-order valence-corrected chi connectivity index (χ0v) is 40.4. The molecule has 2 aliphatic rings. The van der Waals surface area contributed by atoms with Crippen LogP contribution in [0.4, 0.5) is 26.3 Å². The highest BCUT2D eigenvalue weighted by Crippen LogP contribution is 2.44.